The summed E-state index contributed by atoms with van der Waals surface area (Å²) in [5.74, 6) is 1.45. The monoisotopic (exact) mass is 381 g/mol. The van der Waals surface area contributed by atoms with Crippen LogP contribution in [0.25, 0.3) is 0 Å². The highest BCUT2D eigenvalue weighted by Crippen LogP contribution is 2.51. The minimum absolute atomic E-state index is 0.0112. The van der Waals surface area contributed by atoms with E-state index in [-0.39, 0.29) is 11.9 Å². The summed E-state index contributed by atoms with van der Waals surface area (Å²) in [5, 5.41) is 3.09. The molecule has 1 aromatic carbocycles. The number of imide groups is 1. The SMILES string of the molecule is O=C(NCC1CCN(CC2CC2)CC1)N1C(=O)C2(CCCC2)c2ccccc21. The normalized spacial score (nSPS) is 24.7. The molecule has 28 heavy (non-hydrogen) atoms. The molecule has 3 fully saturated rings. The maximum atomic E-state index is 13.3. The van der Waals surface area contributed by atoms with Gasteiger partial charge in [-0.3, -0.25) is 4.79 Å². The number of carbonyl (C=O) groups is 2. The van der Waals surface area contributed by atoms with Crippen molar-refractivity contribution in [3.8, 4) is 0 Å². The van der Waals surface area contributed by atoms with Gasteiger partial charge in [0.1, 0.15) is 0 Å². The van der Waals surface area contributed by atoms with Gasteiger partial charge in [0.15, 0.2) is 0 Å². The second-order valence-corrected chi connectivity index (χ2v) is 9.32. The Labute approximate surface area is 167 Å². The molecule has 1 N–H and O–H groups in total. The number of hydrogen-bond acceptors (Lipinski definition) is 3. The highest BCUT2D eigenvalue weighted by molar-refractivity contribution is 6.22. The quantitative estimate of drug-likeness (QED) is 0.866. The lowest BCUT2D eigenvalue weighted by atomic mass is 9.80. The van der Waals surface area contributed by atoms with Crippen LogP contribution in [-0.2, 0) is 10.2 Å². The molecule has 2 heterocycles. The van der Waals surface area contributed by atoms with Crippen LogP contribution in [0.15, 0.2) is 24.3 Å². The van der Waals surface area contributed by atoms with Crippen molar-refractivity contribution in [2.75, 3.05) is 31.1 Å². The molecule has 5 nitrogen and oxygen atoms in total. The first-order chi connectivity index (χ1) is 13.7. The molecular formula is C23H31N3O2. The van der Waals surface area contributed by atoms with Crippen LogP contribution >= 0.6 is 0 Å². The van der Waals surface area contributed by atoms with Crippen LogP contribution in [0.2, 0.25) is 0 Å². The Kier molecular flexibility index (Phi) is 4.66. The highest BCUT2D eigenvalue weighted by Gasteiger charge is 2.53. The molecule has 150 valence electrons. The second kappa shape index (κ2) is 7.18. The van der Waals surface area contributed by atoms with Crippen LogP contribution in [0.5, 0.6) is 0 Å². The number of nitrogens with zero attached hydrogens (tertiary/aromatic N) is 2. The Morgan fingerprint density at radius 3 is 2.46 bits per heavy atom. The molecule has 5 heteroatoms. The molecule has 2 saturated carbocycles. The number of nitrogens with one attached hydrogen (secondary N) is 1. The molecule has 1 aromatic rings. The van der Waals surface area contributed by atoms with Crippen molar-refractivity contribution in [1.82, 2.24) is 10.2 Å². The van der Waals surface area contributed by atoms with Gasteiger partial charge in [-0.1, -0.05) is 31.0 Å². The molecule has 0 unspecified atom stereocenters. The van der Waals surface area contributed by atoms with E-state index < -0.39 is 5.41 Å². The maximum Gasteiger partial charge on any atom is 0.328 e. The summed E-state index contributed by atoms with van der Waals surface area (Å²) in [4.78, 5) is 30.3. The minimum atomic E-state index is -0.456. The van der Waals surface area contributed by atoms with Crippen LogP contribution in [0.4, 0.5) is 10.5 Å². The Hall–Kier alpha value is -1.88. The fourth-order valence-corrected chi connectivity index (χ4v) is 5.52. The third-order valence-electron chi connectivity index (χ3n) is 7.40. The van der Waals surface area contributed by atoms with Crippen molar-refractivity contribution in [3.63, 3.8) is 0 Å². The van der Waals surface area contributed by atoms with Gasteiger partial charge in [0.25, 0.3) is 0 Å². The van der Waals surface area contributed by atoms with E-state index in [1.807, 2.05) is 24.3 Å². The van der Waals surface area contributed by atoms with Crippen molar-refractivity contribution in [2.24, 2.45) is 11.8 Å². The number of hydrogen-bond donors (Lipinski definition) is 1. The average Bonchev–Trinajstić information content (AvgIpc) is 3.33. The fraction of sp³-hybridized carbons (Fsp3) is 0.652. The number of fused-ring (bicyclic) bond motifs is 2. The summed E-state index contributed by atoms with van der Waals surface area (Å²) in [6.07, 6.45) is 8.96. The summed E-state index contributed by atoms with van der Waals surface area (Å²) < 4.78 is 0. The Balaban J connectivity index is 1.21. The smallest absolute Gasteiger partial charge is 0.328 e. The van der Waals surface area contributed by atoms with Crippen LogP contribution in [0, 0.1) is 11.8 Å². The van der Waals surface area contributed by atoms with Crippen LogP contribution in [0.1, 0.15) is 56.9 Å². The van der Waals surface area contributed by atoms with Crippen molar-refractivity contribution in [2.45, 2.75) is 56.8 Å². The number of benzene rings is 1. The first kappa shape index (κ1) is 18.2. The molecular weight excluding hydrogens is 350 g/mol. The lowest BCUT2D eigenvalue weighted by Gasteiger charge is -2.32. The van der Waals surface area contributed by atoms with E-state index in [9.17, 15) is 9.59 Å². The number of anilines is 1. The molecule has 0 aromatic heterocycles. The molecule has 0 radical (unpaired) electrons. The van der Waals surface area contributed by atoms with Crippen molar-refractivity contribution >= 4 is 17.6 Å². The van der Waals surface area contributed by atoms with E-state index >= 15 is 0 Å². The first-order valence-corrected chi connectivity index (χ1v) is 11.1. The number of urea groups is 1. The first-order valence-electron chi connectivity index (χ1n) is 11.1. The lowest BCUT2D eigenvalue weighted by Crippen LogP contribution is -2.48. The standard InChI is InChI=1S/C23H31N3O2/c27-21-23(11-3-4-12-23)19-5-1-2-6-20(19)26(21)22(28)24-15-17-9-13-25(14-10-17)16-18-7-8-18/h1-2,5-6,17-18H,3-4,7-16H2,(H,24,28). The molecule has 1 spiro atoms. The van der Waals surface area contributed by atoms with Gasteiger partial charge in [0.05, 0.1) is 11.1 Å². The topological polar surface area (TPSA) is 52.7 Å². The molecule has 3 amide bonds. The van der Waals surface area contributed by atoms with Gasteiger partial charge in [0, 0.05) is 13.1 Å². The largest absolute Gasteiger partial charge is 0.337 e. The summed E-state index contributed by atoms with van der Waals surface area (Å²) in [5.41, 5.74) is 1.40. The number of piperidine rings is 1. The maximum absolute atomic E-state index is 13.3. The van der Waals surface area contributed by atoms with Crippen LogP contribution < -0.4 is 10.2 Å². The Morgan fingerprint density at radius 1 is 1.04 bits per heavy atom. The molecule has 1 saturated heterocycles. The van der Waals surface area contributed by atoms with E-state index in [4.69, 9.17) is 0 Å². The average molecular weight is 382 g/mol. The number of para-hydroxylation sites is 1. The Morgan fingerprint density at radius 2 is 1.75 bits per heavy atom. The van der Waals surface area contributed by atoms with Gasteiger partial charge >= 0.3 is 6.03 Å². The predicted octanol–water partition coefficient (Wildman–Crippen LogP) is 3.68. The molecule has 2 aliphatic carbocycles. The molecule has 5 rings (SSSR count). The number of likely N-dealkylation sites (tertiary alicyclic amines) is 1. The third-order valence-corrected chi connectivity index (χ3v) is 7.40. The minimum Gasteiger partial charge on any atom is -0.337 e. The van der Waals surface area contributed by atoms with Crippen molar-refractivity contribution in [3.05, 3.63) is 29.8 Å². The number of carbonyl (C=O) groups excluding carboxylic acids is 2. The molecule has 0 atom stereocenters. The number of rotatable bonds is 4. The van der Waals surface area contributed by atoms with Crippen molar-refractivity contribution in [1.29, 1.82) is 0 Å². The molecule has 4 aliphatic rings. The lowest BCUT2D eigenvalue weighted by molar-refractivity contribution is -0.122. The van der Waals surface area contributed by atoms with E-state index in [0.717, 1.165) is 68.8 Å². The van der Waals surface area contributed by atoms with E-state index in [0.29, 0.717) is 12.5 Å². The van der Waals surface area contributed by atoms with E-state index in [1.54, 1.807) is 0 Å². The van der Waals surface area contributed by atoms with Gasteiger partial charge in [-0.05, 0) is 75.1 Å². The predicted molar refractivity (Wildman–Crippen MR) is 109 cm³/mol. The summed E-state index contributed by atoms with van der Waals surface area (Å²) in [6, 6.07) is 7.65. The van der Waals surface area contributed by atoms with Gasteiger partial charge < -0.3 is 10.2 Å². The summed E-state index contributed by atoms with van der Waals surface area (Å²) in [6.45, 7) is 4.23. The number of amides is 3. The summed E-state index contributed by atoms with van der Waals surface area (Å²) in [7, 11) is 0. The van der Waals surface area contributed by atoms with Crippen LogP contribution in [0.3, 0.4) is 0 Å². The summed E-state index contributed by atoms with van der Waals surface area (Å²) >= 11 is 0. The molecule has 0 bridgehead atoms. The molecule has 2 aliphatic heterocycles. The van der Waals surface area contributed by atoms with Gasteiger partial charge in [0.2, 0.25) is 5.91 Å². The zero-order valence-electron chi connectivity index (χ0n) is 16.7. The fourth-order valence-electron chi connectivity index (χ4n) is 5.52. The van der Waals surface area contributed by atoms with Gasteiger partial charge in [-0.2, -0.15) is 0 Å². The highest BCUT2D eigenvalue weighted by atomic mass is 16.2. The Bertz CT molecular complexity index is 759. The second-order valence-electron chi connectivity index (χ2n) is 9.32. The zero-order chi connectivity index (χ0) is 19.1. The van der Waals surface area contributed by atoms with E-state index in [1.165, 1.54) is 24.3 Å². The van der Waals surface area contributed by atoms with Gasteiger partial charge in [-0.25, -0.2) is 9.69 Å². The van der Waals surface area contributed by atoms with Crippen LogP contribution in [-0.4, -0.2) is 43.0 Å². The zero-order valence-corrected chi connectivity index (χ0v) is 16.7. The third kappa shape index (κ3) is 3.14. The van der Waals surface area contributed by atoms with Gasteiger partial charge in [-0.15, -0.1) is 0 Å². The van der Waals surface area contributed by atoms with Crippen molar-refractivity contribution < 1.29 is 9.59 Å². The van der Waals surface area contributed by atoms with E-state index in [2.05, 4.69) is 10.2 Å².